The lowest BCUT2D eigenvalue weighted by atomic mass is 9.87. The molecule has 0 spiro atoms. The fraction of sp³-hybridized carbons (Fsp3) is 0.286. The number of carbonyl (C=O) groups is 1. The molecule has 0 aliphatic carbocycles. The zero-order valence-corrected chi connectivity index (χ0v) is 12.5. The van der Waals surface area contributed by atoms with E-state index in [-0.39, 0.29) is 6.42 Å². The number of carboxylic acid groups (broad SMARTS) is 1. The molecule has 1 aromatic heterocycles. The maximum atomic E-state index is 11.2. The van der Waals surface area contributed by atoms with Gasteiger partial charge in [0, 0.05) is 21.5 Å². The summed E-state index contributed by atoms with van der Waals surface area (Å²) in [7, 11) is 0. The van der Waals surface area contributed by atoms with Gasteiger partial charge in [0.25, 0.3) is 0 Å². The van der Waals surface area contributed by atoms with Crippen LogP contribution in [-0.4, -0.2) is 16.2 Å². The summed E-state index contributed by atoms with van der Waals surface area (Å²) < 4.78 is 5.13. The number of carboxylic acids is 1. The lowest BCUT2D eigenvalue weighted by molar-refractivity contribution is -0.137. The standard InChI is InChI=1S/C14H13Cl2NO3/c1-7-14(8(2)20-17-7)11(6-13(18)19)10-4-3-9(15)5-12(10)16/h3-5,11H,6H2,1-2H3,(H,18,19). The summed E-state index contributed by atoms with van der Waals surface area (Å²) >= 11 is 12.1. The number of nitrogens with zero attached hydrogens (tertiary/aromatic N) is 1. The van der Waals surface area contributed by atoms with Crippen LogP contribution < -0.4 is 0 Å². The summed E-state index contributed by atoms with van der Waals surface area (Å²) in [4.78, 5) is 11.2. The number of aromatic nitrogens is 1. The van der Waals surface area contributed by atoms with E-state index in [1.165, 1.54) is 0 Å². The van der Waals surface area contributed by atoms with E-state index >= 15 is 0 Å². The molecule has 1 N–H and O–H groups in total. The molecule has 0 fully saturated rings. The first-order valence-electron chi connectivity index (χ1n) is 5.99. The third-order valence-corrected chi connectivity index (χ3v) is 3.72. The number of aliphatic carboxylic acids is 1. The van der Waals surface area contributed by atoms with Crippen LogP contribution in [-0.2, 0) is 4.79 Å². The molecule has 0 amide bonds. The quantitative estimate of drug-likeness (QED) is 0.918. The third-order valence-electron chi connectivity index (χ3n) is 3.15. The van der Waals surface area contributed by atoms with Gasteiger partial charge < -0.3 is 9.63 Å². The largest absolute Gasteiger partial charge is 0.481 e. The Labute approximate surface area is 126 Å². The second-order valence-corrected chi connectivity index (χ2v) is 5.40. The molecule has 1 aromatic carbocycles. The molecule has 0 bridgehead atoms. The number of aryl methyl sites for hydroxylation is 2. The number of hydrogen-bond donors (Lipinski definition) is 1. The van der Waals surface area contributed by atoms with Gasteiger partial charge in [0.1, 0.15) is 5.76 Å². The first kappa shape index (κ1) is 14.9. The van der Waals surface area contributed by atoms with Crippen LogP contribution in [0.2, 0.25) is 10.0 Å². The van der Waals surface area contributed by atoms with Crippen molar-refractivity contribution in [2.24, 2.45) is 0 Å². The predicted octanol–water partition coefficient (Wildman–Crippen LogP) is 4.20. The minimum atomic E-state index is -0.916. The zero-order valence-electron chi connectivity index (χ0n) is 11.0. The summed E-state index contributed by atoms with van der Waals surface area (Å²) in [5.74, 6) is -0.732. The second-order valence-electron chi connectivity index (χ2n) is 4.55. The van der Waals surface area contributed by atoms with Crippen LogP contribution in [0.5, 0.6) is 0 Å². The van der Waals surface area contributed by atoms with Gasteiger partial charge in [0.2, 0.25) is 0 Å². The molecule has 0 aliphatic rings. The topological polar surface area (TPSA) is 63.3 Å². The lowest BCUT2D eigenvalue weighted by Gasteiger charge is -2.17. The fourth-order valence-electron chi connectivity index (χ4n) is 2.31. The van der Waals surface area contributed by atoms with Crippen molar-refractivity contribution in [2.75, 3.05) is 0 Å². The molecule has 6 heteroatoms. The van der Waals surface area contributed by atoms with Crippen LogP contribution in [0.15, 0.2) is 22.7 Å². The fourth-order valence-corrected chi connectivity index (χ4v) is 2.85. The van der Waals surface area contributed by atoms with Crippen LogP contribution in [0, 0.1) is 13.8 Å². The van der Waals surface area contributed by atoms with Gasteiger partial charge in [0.15, 0.2) is 0 Å². The number of hydrogen-bond acceptors (Lipinski definition) is 3. The van der Waals surface area contributed by atoms with E-state index in [1.54, 1.807) is 32.0 Å². The van der Waals surface area contributed by atoms with Crippen molar-refractivity contribution in [1.82, 2.24) is 5.16 Å². The van der Waals surface area contributed by atoms with Crippen LogP contribution in [0.3, 0.4) is 0 Å². The van der Waals surface area contributed by atoms with E-state index in [0.29, 0.717) is 27.1 Å². The summed E-state index contributed by atoms with van der Waals surface area (Å²) in [6.07, 6.45) is -0.0930. The Balaban J connectivity index is 2.56. The van der Waals surface area contributed by atoms with Gasteiger partial charge >= 0.3 is 5.97 Å². The van der Waals surface area contributed by atoms with E-state index < -0.39 is 11.9 Å². The van der Waals surface area contributed by atoms with Crippen LogP contribution in [0.1, 0.15) is 34.9 Å². The Hall–Kier alpha value is -1.52. The molecule has 1 heterocycles. The second kappa shape index (κ2) is 5.85. The first-order chi connectivity index (χ1) is 9.40. The minimum absolute atomic E-state index is 0.0930. The van der Waals surface area contributed by atoms with Crippen molar-refractivity contribution in [1.29, 1.82) is 0 Å². The average molecular weight is 314 g/mol. The molecule has 2 rings (SSSR count). The molecule has 2 aromatic rings. The van der Waals surface area contributed by atoms with E-state index in [1.807, 2.05) is 0 Å². The molecule has 1 unspecified atom stereocenters. The highest BCUT2D eigenvalue weighted by atomic mass is 35.5. The number of halogens is 2. The Bertz CT molecular complexity index is 632. The SMILES string of the molecule is Cc1noc(C)c1C(CC(=O)O)c1ccc(Cl)cc1Cl. The van der Waals surface area contributed by atoms with Gasteiger partial charge in [-0.25, -0.2) is 0 Å². The molecule has 106 valence electrons. The van der Waals surface area contributed by atoms with Gasteiger partial charge in [-0.3, -0.25) is 4.79 Å². The lowest BCUT2D eigenvalue weighted by Crippen LogP contribution is -2.10. The summed E-state index contributed by atoms with van der Waals surface area (Å²) in [6.45, 7) is 3.54. The van der Waals surface area contributed by atoms with Crippen LogP contribution >= 0.6 is 23.2 Å². The highest BCUT2D eigenvalue weighted by Gasteiger charge is 2.26. The summed E-state index contributed by atoms with van der Waals surface area (Å²) in [6, 6.07) is 5.03. The Morgan fingerprint density at radius 1 is 1.40 bits per heavy atom. The summed E-state index contributed by atoms with van der Waals surface area (Å²) in [5.41, 5.74) is 2.13. The monoisotopic (exact) mass is 313 g/mol. The van der Waals surface area contributed by atoms with Gasteiger partial charge in [-0.15, -0.1) is 0 Å². The van der Waals surface area contributed by atoms with Crippen molar-refractivity contribution in [3.8, 4) is 0 Å². The van der Waals surface area contributed by atoms with Crippen LogP contribution in [0.4, 0.5) is 0 Å². The average Bonchev–Trinajstić information content (AvgIpc) is 2.66. The zero-order chi connectivity index (χ0) is 14.9. The maximum Gasteiger partial charge on any atom is 0.304 e. The van der Waals surface area contributed by atoms with Crippen molar-refractivity contribution in [2.45, 2.75) is 26.2 Å². The molecule has 4 nitrogen and oxygen atoms in total. The van der Waals surface area contributed by atoms with Gasteiger partial charge in [-0.2, -0.15) is 0 Å². The van der Waals surface area contributed by atoms with E-state index in [0.717, 1.165) is 5.56 Å². The normalized spacial score (nSPS) is 12.4. The molecular weight excluding hydrogens is 301 g/mol. The van der Waals surface area contributed by atoms with Crippen molar-refractivity contribution < 1.29 is 14.4 Å². The third kappa shape index (κ3) is 2.97. The predicted molar refractivity (Wildman–Crippen MR) is 76.5 cm³/mol. The Kier molecular flexibility index (Phi) is 4.35. The molecule has 0 saturated heterocycles. The van der Waals surface area contributed by atoms with Gasteiger partial charge in [-0.05, 0) is 31.5 Å². The number of benzene rings is 1. The van der Waals surface area contributed by atoms with Gasteiger partial charge in [-0.1, -0.05) is 34.4 Å². The highest BCUT2D eigenvalue weighted by Crippen LogP contribution is 2.37. The molecule has 20 heavy (non-hydrogen) atoms. The molecular formula is C14H13Cl2NO3. The van der Waals surface area contributed by atoms with E-state index in [4.69, 9.17) is 32.8 Å². The Morgan fingerprint density at radius 3 is 2.60 bits per heavy atom. The maximum absolute atomic E-state index is 11.2. The molecule has 1 atom stereocenters. The summed E-state index contributed by atoms with van der Waals surface area (Å²) in [5, 5.41) is 14.0. The van der Waals surface area contributed by atoms with Crippen LogP contribution in [0.25, 0.3) is 0 Å². The molecule has 0 aliphatic heterocycles. The minimum Gasteiger partial charge on any atom is -0.481 e. The number of rotatable bonds is 4. The molecule has 0 radical (unpaired) electrons. The smallest absolute Gasteiger partial charge is 0.304 e. The van der Waals surface area contributed by atoms with E-state index in [9.17, 15) is 4.79 Å². The van der Waals surface area contributed by atoms with Gasteiger partial charge in [0.05, 0.1) is 12.1 Å². The highest BCUT2D eigenvalue weighted by molar-refractivity contribution is 6.35. The van der Waals surface area contributed by atoms with Crippen molar-refractivity contribution in [3.05, 3.63) is 50.8 Å². The van der Waals surface area contributed by atoms with Crippen molar-refractivity contribution >= 4 is 29.2 Å². The van der Waals surface area contributed by atoms with E-state index in [2.05, 4.69) is 5.16 Å². The molecule has 0 saturated carbocycles. The first-order valence-corrected chi connectivity index (χ1v) is 6.75. The van der Waals surface area contributed by atoms with Crippen molar-refractivity contribution in [3.63, 3.8) is 0 Å². The Morgan fingerprint density at radius 2 is 2.10 bits per heavy atom.